The summed E-state index contributed by atoms with van der Waals surface area (Å²) in [6.07, 6.45) is 1.98. The lowest BCUT2D eigenvalue weighted by molar-refractivity contribution is -0.165. The normalized spacial score (nSPS) is 26.1. The summed E-state index contributed by atoms with van der Waals surface area (Å²) in [5, 5.41) is 12.2. The van der Waals surface area contributed by atoms with Crippen LogP contribution in [0, 0.1) is 6.92 Å². The third kappa shape index (κ3) is 2.44. The average Bonchev–Trinajstić information content (AvgIpc) is 2.73. The Morgan fingerprint density at radius 3 is 2.79 bits per heavy atom. The third-order valence-electron chi connectivity index (χ3n) is 3.28. The van der Waals surface area contributed by atoms with E-state index in [0.29, 0.717) is 18.5 Å². The van der Waals surface area contributed by atoms with Crippen LogP contribution >= 0.6 is 0 Å². The first-order valence-electron chi connectivity index (χ1n) is 6.04. The Kier molecular flexibility index (Phi) is 3.53. The van der Waals surface area contributed by atoms with E-state index in [2.05, 4.69) is 10.3 Å². The molecule has 0 aliphatic carbocycles. The number of nitrogens with one attached hydrogen (secondary N) is 1. The second-order valence-electron chi connectivity index (χ2n) is 4.65. The molecular formula is C13H16N2O4. The number of nitrogens with zero attached hydrogens (tertiary/aromatic N) is 1. The molecule has 0 aromatic carbocycles. The average molecular weight is 264 g/mol. The van der Waals surface area contributed by atoms with Gasteiger partial charge in [-0.25, -0.2) is 0 Å². The van der Waals surface area contributed by atoms with Crippen molar-refractivity contribution >= 4 is 11.9 Å². The van der Waals surface area contributed by atoms with Crippen LogP contribution in [0.2, 0.25) is 0 Å². The van der Waals surface area contributed by atoms with Crippen LogP contribution < -0.4 is 5.32 Å². The molecule has 1 aromatic rings. The fourth-order valence-electron chi connectivity index (χ4n) is 2.45. The Balaban J connectivity index is 2.47. The van der Waals surface area contributed by atoms with Gasteiger partial charge in [-0.3, -0.25) is 14.6 Å². The molecule has 2 heterocycles. The third-order valence-corrected chi connectivity index (χ3v) is 3.28. The summed E-state index contributed by atoms with van der Waals surface area (Å²) in [7, 11) is 0. The summed E-state index contributed by atoms with van der Waals surface area (Å²) >= 11 is 0. The summed E-state index contributed by atoms with van der Waals surface area (Å²) in [6, 6.07) is 2.58. The number of aliphatic carboxylic acids is 1. The van der Waals surface area contributed by atoms with E-state index in [1.54, 1.807) is 18.3 Å². The van der Waals surface area contributed by atoms with E-state index < -0.39 is 23.6 Å². The Labute approximate surface area is 110 Å². The summed E-state index contributed by atoms with van der Waals surface area (Å²) in [5.74, 6) is -1.55. The zero-order chi connectivity index (χ0) is 14.0. The van der Waals surface area contributed by atoms with E-state index in [1.165, 1.54) is 6.92 Å². The van der Waals surface area contributed by atoms with Crippen LogP contribution in [0.15, 0.2) is 18.3 Å². The topological polar surface area (TPSA) is 88.5 Å². The monoisotopic (exact) mass is 264 g/mol. The molecule has 1 aliphatic rings. The van der Waals surface area contributed by atoms with Crippen molar-refractivity contribution in [1.82, 2.24) is 10.3 Å². The van der Waals surface area contributed by atoms with Gasteiger partial charge in [0.15, 0.2) is 11.6 Å². The molecule has 6 heteroatoms. The number of hydrogen-bond acceptors (Lipinski definition) is 5. The number of carbonyl (C=O) groups is 2. The smallest absolute Gasteiger partial charge is 0.325 e. The highest BCUT2D eigenvalue weighted by molar-refractivity contribution is 5.77. The first kappa shape index (κ1) is 13.5. The molecule has 0 radical (unpaired) electrons. The highest BCUT2D eigenvalue weighted by atomic mass is 16.6. The van der Waals surface area contributed by atoms with Crippen molar-refractivity contribution in [2.45, 2.75) is 31.9 Å². The maximum absolute atomic E-state index is 11.4. The van der Waals surface area contributed by atoms with Crippen molar-refractivity contribution in [2.24, 2.45) is 0 Å². The zero-order valence-electron chi connectivity index (χ0n) is 10.8. The van der Waals surface area contributed by atoms with Gasteiger partial charge in [0.2, 0.25) is 0 Å². The van der Waals surface area contributed by atoms with Crippen LogP contribution in [0.3, 0.4) is 0 Å². The molecule has 1 fully saturated rings. The minimum absolute atomic E-state index is 0.411. The molecule has 0 amide bonds. The number of pyridine rings is 1. The molecule has 102 valence electrons. The predicted octanol–water partition coefficient (Wildman–Crippen LogP) is 0.595. The second kappa shape index (κ2) is 4.97. The first-order valence-corrected chi connectivity index (χ1v) is 6.04. The maximum atomic E-state index is 11.4. The lowest BCUT2D eigenvalue weighted by atomic mass is 9.87. The first-order chi connectivity index (χ1) is 8.95. The van der Waals surface area contributed by atoms with Crippen molar-refractivity contribution in [1.29, 1.82) is 0 Å². The van der Waals surface area contributed by atoms with Crippen LogP contribution in [0.5, 0.6) is 0 Å². The molecule has 6 nitrogen and oxygen atoms in total. The number of aryl methyl sites for hydroxylation is 1. The Morgan fingerprint density at radius 1 is 1.53 bits per heavy atom. The van der Waals surface area contributed by atoms with E-state index in [0.717, 1.165) is 5.69 Å². The van der Waals surface area contributed by atoms with Gasteiger partial charge in [-0.2, -0.15) is 0 Å². The molecule has 2 atom stereocenters. The van der Waals surface area contributed by atoms with Gasteiger partial charge in [0, 0.05) is 37.3 Å². The molecule has 1 unspecified atom stereocenters. The largest absolute Gasteiger partial charge is 0.480 e. The number of ether oxygens (including phenoxy) is 1. The summed E-state index contributed by atoms with van der Waals surface area (Å²) < 4.78 is 5.38. The van der Waals surface area contributed by atoms with Gasteiger partial charge in [0.05, 0.1) is 0 Å². The molecule has 2 N–H and O–H groups in total. The van der Waals surface area contributed by atoms with Gasteiger partial charge in [-0.1, -0.05) is 6.07 Å². The van der Waals surface area contributed by atoms with Gasteiger partial charge < -0.3 is 15.2 Å². The number of rotatable bonds is 3. The SMILES string of the molecule is CC(=O)OC1(c2ccc(C)nc2)CCN[C@@H]1C(=O)O. The second-order valence-corrected chi connectivity index (χ2v) is 4.65. The van der Waals surface area contributed by atoms with Crippen molar-refractivity contribution < 1.29 is 19.4 Å². The maximum Gasteiger partial charge on any atom is 0.325 e. The molecule has 0 spiro atoms. The predicted molar refractivity (Wildman–Crippen MR) is 66.5 cm³/mol. The van der Waals surface area contributed by atoms with Crippen molar-refractivity contribution in [2.75, 3.05) is 6.54 Å². The standard InChI is InChI=1S/C13H16N2O4/c1-8-3-4-10(7-15-8)13(19-9(2)16)5-6-14-11(13)12(17)18/h3-4,7,11,14H,5-6H2,1-2H3,(H,17,18)/t11-,13?/m1/s1. The van der Waals surface area contributed by atoms with Gasteiger partial charge in [-0.05, 0) is 13.0 Å². The van der Waals surface area contributed by atoms with Crippen molar-refractivity contribution in [3.63, 3.8) is 0 Å². The van der Waals surface area contributed by atoms with Crippen LogP contribution in [-0.4, -0.2) is 34.6 Å². The van der Waals surface area contributed by atoms with Crippen molar-refractivity contribution in [3.05, 3.63) is 29.6 Å². The van der Waals surface area contributed by atoms with Gasteiger partial charge in [-0.15, -0.1) is 0 Å². The van der Waals surface area contributed by atoms with E-state index >= 15 is 0 Å². The summed E-state index contributed by atoms with van der Waals surface area (Å²) in [6.45, 7) is 3.59. The van der Waals surface area contributed by atoms with E-state index in [4.69, 9.17) is 4.74 Å². The number of carbonyl (C=O) groups excluding carboxylic acids is 1. The molecular weight excluding hydrogens is 248 g/mol. The molecule has 1 aromatic heterocycles. The van der Waals surface area contributed by atoms with E-state index in [-0.39, 0.29) is 0 Å². The van der Waals surface area contributed by atoms with Crippen LogP contribution in [0.1, 0.15) is 24.6 Å². The number of hydrogen-bond donors (Lipinski definition) is 2. The number of carboxylic acid groups (broad SMARTS) is 1. The number of esters is 1. The molecule has 1 aliphatic heterocycles. The van der Waals surface area contributed by atoms with Crippen LogP contribution in [-0.2, 0) is 19.9 Å². The Hall–Kier alpha value is -1.95. The molecule has 1 saturated heterocycles. The molecule has 2 rings (SSSR count). The lowest BCUT2D eigenvalue weighted by Gasteiger charge is -2.32. The minimum atomic E-state index is -1.18. The lowest BCUT2D eigenvalue weighted by Crippen LogP contribution is -2.48. The highest BCUT2D eigenvalue weighted by Crippen LogP contribution is 2.37. The molecule has 0 bridgehead atoms. The van der Waals surface area contributed by atoms with Crippen LogP contribution in [0.25, 0.3) is 0 Å². The van der Waals surface area contributed by atoms with Crippen LogP contribution in [0.4, 0.5) is 0 Å². The zero-order valence-corrected chi connectivity index (χ0v) is 10.8. The quantitative estimate of drug-likeness (QED) is 0.777. The van der Waals surface area contributed by atoms with Gasteiger partial charge in [0.1, 0.15) is 0 Å². The van der Waals surface area contributed by atoms with Gasteiger partial charge >= 0.3 is 11.9 Å². The Bertz CT molecular complexity index is 500. The Morgan fingerprint density at radius 2 is 2.26 bits per heavy atom. The number of carboxylic acids is 1. The van der Waals surface area contributed by atoms with Crippen molar-refractivity contribution in [3.8, 4) is 0 Å². The number of aromatic nitrogens is 1. The van der Waals surface area contributed by atoms with E-state index in [1.807, 2.05) is 6.92 Å². The van der Waals surface area contributed by atoms with E-state index in [9.17, 15) is 14.7 Å². The summed E-state index contributed by atoms with van der Waals surface area (Å²) in [5.41, 5.74) is 0.239. The summed E-state index contributed by atoms with van der Waals surface area (Å²) in [4.78, 5) is 26.9. The highest BCUT2D eigenvalue weighted by Gasteiger charge is 2.51. The fraction of sp³-hybridized carbons (Fsp3) is 0.462. The molecule has 19 heavy (non-hydrogen) atoms. The molecule has 0 saturated carbocycles. The fourth-order valence-corrected chi connectivity index (χ4v) is 2.45. The van der Waals surface area contributed by atoms with Gasteiger partial charge in [0.25, 0.3) is 0 Å². The minimum Gasteiger partial charge on any atom is -0.480 e.